The number of nitrogens with zero attached hydrogens (tertiary/aromatic N) is 2. The third-order valence-electron chi connectivity index (χ3n) is 6.18. The highest BCUT2D eigenvalue weighted by atomic mass is 19.4. The number of hydrogen-bond donors (Lipinski definition) is 4. The predicted octanol–water partition coefficient (Wildman–Crippen LogP) is 3.76. The molecule has 2 atom stereocenters. The van der Waals surface area contributed by atoms with Gasteiger partial charge < -0.3 is 30.7 Å². The first-order chi connectivity index (χ1) is 19.1. The van der Waals surface area contributed by atoms with E-state index in [4.69, 9.17) is 20.5 Å². The van der Waals surface area contributed by atoms with Crippen molar-refractivity contribution in [2.45, 2.75) is 44.2 Å². The first-order valence-electron chi connectivity index (χ1n) is 12.5. The van der Waals surface area contributed by atoms with Gasteiger partial charge in [0, 0.05) is 16.7 Å². The van der Waals surface area contributed by atoms with Gasteiger partial charge in [0.15, 0.2) is 11.5 Å². The summed E-state index contributed by atoms with van der Waals surface area (Å²) in [6.45, 7) is 3.39. The molecule has 0 aliphatic carbocycles. The van der Waals surface area contributed by atoms with Crippen LogP contribution in [0.5, 0.6) is 11.5 Å². The van der Waals surface area contributed by atoms with E-state index in [0.717, 1.165) is 6.07 Å². The number of aliphatic hydroxyl groups excluding tert-OH is 1. The first kappa shape index (κ1) is 31.3. The molecule has 1 amide bonds. The quantitative estimate of drug-likeness (QED) is 0.287. The highest BCUT2D eigenvalue weighted by Gasteiger charge is 2.56. The number of ether oxygens (including phenoxy) is 2. The maximum absolute atomic E-state index is 14.5. The lowest BCUT2D eigenvalue weighted by Gasteiger charge is -2.32. The fourth-order valence-corrected chi connectivity index (χ4v) is 3.76. The number of methoxy groups -OCH3 is 1. The van der Waals surface area contributed by atoms with E-state index in [0.29, 0.717) is 11.1 Å². The molecule has 0 aliphatic rings. The molecule has 9 nitrogen and oxygen atoms in total. The zero-order valence-electron chi connectivity index (χ0n) is 22.9. The second-order valence-electron chi connectivity index (χ2n) is 10.1. The summed E-state index contributed by atoms with van der Waals surface area (Å²) in [6.07, 6.45) is -6.01. The van der Waals surface area contributed by atoms with Gasteiger partial charge in [0.05, 0.1) is 42.8 Å². The van der Waals surface area contributed by atoms with Crippen LogP contribution in [0.2, 0.25) is 0 Å². The van der Waals surface area contributed by atoms with Gasteiger partial charge in [0.25, 0.3) is 5.91 Å². The summed E-state index contributed by atoms with van der Waals surface area (Å²) in [7, 11) is 1.32. The highest BCUT2D eigenvalue weighted by molar-refractivity contribution is 5.95. The van der Waals surface area contributed by atoms with E-state index >= 15 is 0 Å². The first-order valence-corrected chi connectivity index (χ1v) is 12.5. The maximum atomic E-state index is 14.5. The largest absolute Gasteiger partial charge is 0.493 e. The molecule has 0 unspecified atom stereocenters. The Morgan fingerprint density at radius 2 is 1.78 bits per heavy atom. The smallest absolute Gasteiger partial charge is 0.424 e. The molecule has 1 heterocycles. The standard InChI is InChI=1S/C29H31F3N4O5/c1-17(37)15-41-23-10-9-20(11-24(23)40-4)26(38)35-16-28(39,29(30,31)32)25-13-21(27(2,3)34)12-22(36-25)19-7-5-18(14-33)6-8-19/h5-13,17,37,39H,15-16,34H2,1-4H3,(H,35,38)/t17-,28+/m1/s1. The normalized spacial score (nSPS) is 14.0. The van der Waals surface area contributed by atoms with Gasteiger partial charge in [-0.15, -0.1) is 0 Å². The summed E-state index contributed by atoms with van der Waals surface area (Å²) in [4.78, 5) is 17.0. The molecule has 0 aliphatic heterocycles. The number of nitrogens with one attached hydrogen (secondary N) is 1. The van der Waals surface area contributed by atoms with Gasteiger partial charge in [-0.1, -0.05) is 12.1 Å². The van der Waals surface area contributed by atoms with Gasteiger partial charge >= 0.3 is 6.18 Å². The van der Waals surface area contributed by atoms with Crippen LogP contribution in [0.1, 0.15) is 48.0 Å². The number of carbonyl (C=O) groups excluding carboxylic acids is 1. The van der Waals surface area contributed by atoms with Crippen LogP contribution in [-0.4, -0.2) is 53.6 Å². The van der Waals surface area contributed by atoms with Crippen molar-refractivity contribution in [1.82, 2.24) is 10.3 Å². The number of hydrogen-bond acceptors (Lipinski definition) is 8. The van der Waals surface area contributed by atoms with E-state index in [9.17, 15) is 28.2 Å². The van der Waals surface area contributed by atoms with Gasteiger partial charge in [-0.05, 0) is 68.8 Å². The van der Waals surface area contributed by atoms with Gasteiger partial charge in [-0.2, -0.15) is 18.4 Å². The lowest BCUT2D eigenvalue weighted by Crippen LogP contribution is -2.51. The molecule has 0 bridgehead atoms. The Hall–Kier alpha value is -4.18. The van der Waals surface area contributed by atoms with Gasteiger partial charge in [-0.3, -0.25) is 4.79 Å². The summed E-state index contributed by atoms with van der Waals surface area (Å²) in [5.41, 5.74) is 1.78. The van der Waals surface area contributed by atoms with Gasteiger partial charge in [0.1, 0.15) is 6.61 Å². The molecular formula is C29H31F3N4O5. The van der Waals surface area contributed by atoms with E-state index in [1.807, 2.05) is 6.07 Å². The summed E-state index contributed by atoms with van der Waals surface area (Å²) in [5.74, 6) is -0.579. The average Bonchev–Trinajstić information content (AvgIpc) is 2.93. The molecule has 0 saturated heterocycles. The zero-order valence-corrected chi connectivity index (χ0v) is 22.9. The number of aliphatic hydroxyl groups is 2. The van der Waals surface area contributed by atoms with Crippen molar-refractivity contribution in [1.29, 1.82) is 5.26 Å². The second kappa shape index (κ2) is 12.1. The van der Waals surface area contributed by atoms with Crippen LogP contribution in [0.4, 0.5) is 13.2 Å². The number of pyridine rings is 1. The molecule has 2 aromatic carbocycles. The Kier molecular flexibility index (Phi) is 9.28. The van der Waals surface area contributed by atoms with E-state index in [-0.39, 0.29) is 34.9 Å². The number of carbonyl (C=O) groups is 1. The molecule has 41 heavy (non-hydrogen) atoms. The number of benzene rings is 2. The fourth-order valence-electron chi connectivity index (χ4n) is 3.76. The van der Waals surface area contributed by atoms with Crippen LogP contribution < -0.4 is 20.5 Å². The molecule has 1 aromatic heterocycles. The van der Waals surface area contributed by atoms with Crippen LogP contribution in [0, 0.1) is 11.3 Å². The number of alkyl halides is 3. The molecule has 0 saturated carbocycles. The maximum Gasteiger partial charge on any atom is 0.424 e. The Morgan fingerprint density at radius 1 is 1.12 bits per heavy atom. The van der Waals surface area contributed by atoms with Crippen molar-refractivity contribution < 1.29 is 37.7 Å². The van der Waals surface area contributed by atoms with Gasteiger partial charge in [-0.25, -0.2) is 4.98 Å². The van der Waals surface area contributed by atoms with Crippen LogP contribution in [-0.2, 0) is 11.1 Å². The van der Waals surface area contributed by atoms with Crippen LogP contribution >= 0.6 is 0 Å². The molecular weight excluding hydrogens is 541 g/mol. The van der Waals surface area contributed by atoms with Crippen LogP contribution in [0.25, 0.3) is 11.3 Å². The zero-order chi connectivity index (χ0) is 30.6. The van der Waals surface area contributed by atoms with Crippen molar-refractivity contribution in [2.24, 2.45) is 5.73 Å². The molecule has 0 spiro atoms. The minimum absolute atomic E-state index is 0.0450. The van der Waals surface area contributed by atoms with Crippen molar-refractivity contribution in [3.05, 3.63) is 77.0 Å². The van der Waals surface area contributed by atoms with Crippen molar-refractivity contribution in [3.8, 4) is 28.8 Å². The number of amides is 1. The Morgan fingerprint density at radius 3 is 2.32 bits per heavy atom. The average molecular weight is 573 g/mol. The van der Waals surface area contributed by atoms with E-state index in [1.54, 1.807) is 13.8 Å². The Balaban J connectivity index is 1.99. The number of aromatic nitrogens is 1. The third kappa shape index (κ3) is 7.32. The van der Waals surface area contributed by atoms with Crippen molar-refractivity contribution in [3.63, 3.8) is 0 Å². The topological polar surface area (TPSA) is 151 Å². The van der Waals surface area contributed by atoms with Crippen LogP contribution in [0.3, 0.4) is 0 Å². The summed E-state index contributed by atoms with van der Waals surface area (Å²) in [6, 6.07) is 14.5. The number of nitriles is 1. The minimum Gasteiger partial charge on any atom is -0.493 e. The predicted molar refractivity (Wildman–Crippen MR) is 144 cm³/mol. The van der Waals surface area contributed by atoms with E-state index in [2.05, 4.69) is 10.3 Å². The summed E-state index contributed by atoms with van der Waals surface area (Å²) in [5, 5.41) is 31.7. The summed E-state index contributed by atoms with van der Waals surface area (Å²) < 4.78 is 54.0. The molecule has 218 valence electrons. The molecule has 5 N–H and O–H groups in total. The molecule has 0 fully saturated rings. The highest BCUT2D eigenvalue weighted by Crippen LogP contribution is 2.40. The number of rotatable bonds is 10. The molecule has 3 aromatic rings. The monoisotopic (exact) mass is 572 g/mol. The van der Waals surface area contributed by atoms with Crippen LogP contribution in [0.15, 0.2) is 54.6 Å². The van der Waals surface area contributed by atoms with E-state index < -0.39 is 41.6 Å². The van der Waals surface area contributed by atoms with Crippen molar-refractivity contribution in [2.75, 3.05) is 20.3 Å². The van der Waals surface area contributed by atoms with Crippen molar-refractivity contribution >= 4 is 5.91 Å². The second-order valence-corrected chi connectivity index (χ2v) is 10.1. The third-order valence-corrected chi connectivity index (χ3v) is 6.18. The molecule has 3 rings (SSSR count). The number of halogens is 3. The van der Waals surface area contributed by atoms with E-state index in [1.165, 1.54) is 62.6 Å². The lowest BCUT2D eigenvalue weighted by atomic mass is 9.89. The Bertz CT molecular complexity index is 1430. The lowest BCUT2D eigenvalue weighted by molar-refractivity contribution is -0.265. The SMILES string of the molecule is COc1cc(C(=O)NC[C@](O)(c2cc(C(C)(C)N)cc(-c3ccc(C#N)cc3)n2)C(F)(F)F)ccc1OC[C@@H](C)O. The summed E-state index contributed by atoms with van der Waals surface area (Å²) >= 11 is 0. The fraction of sp³-hybridized carbons (Fsp3) is 0.345. The van der Waals surface area contributed by atoms with Gasteiger partial charge in [0.2, 0.25) is 5.60 Å². The minimum atomic E-state index is -5.25. The number of nitrogens with two attached hydrogens (primary N) is 1. The molecule has 0 radical (unpaired) electrons. The molecule has 12 heteroatoms. The Labute approximate surface area is 235 Å².